The van der Waals surface area contributed by atoms with E-state index in [1.54, 1.807) is 32.9 Å². The van der Waals surface area contributed by atoms with Gasteiger partial charge in [0.05, 0.1) is 17.4 Å². The first-order valence-corrected chi connectivity index (χ1v) is 14.5. The van der Waals surface area contributed by atoms with Crippen LogP contribution in [0.25, 0.3) is 0 Å². The van der Waals surface area contributed by atoms with E-state index < -0.39 is 39.7 Å². The number of benzene rings is 2. The first-order valence-electron chi connectivity index (χ1n) is 12.2. The molecule has 0 aliphatic rings. The Kier molecular flexibility index (Phi) is 9.64. The third-order valence-electron chi connectivity index (χ3n) is 5.48. The number of aryl methyl sites for hydroxylation is 1. The van der Waals surface area contributed by atoms with Crippen molar-refractivity contribution in [1.82, 2.24) is 10.3 Å². The Hall–Kier alpha value is -3.28. The molecule has 0 spiro atoms. The van der Waals surface area contributed by atoms with Gasteiger partial charge < -0.3 is 10.1 Å². The fourth-order valence-electron chi connectivity index (χ4n) is 3.72. The lowest BCUT2D eigenvalue weighted by molar-refractivity contribution is -0.162. The zero-order chi connectivity index (χ0) is 27.9. The van der Waals surface area contributed by atoms with Crippen LogP contribution in [0.15, 0.2) is 60.0 Å². The van der Waals surface area contributed by atoms with E-state index >= 15 is 0 Å². The summed E-state index contributed by atoms with van der Waals surface area (Å²) in [5, 5.41) is 5.64. The molecule has 1 amide bonds. The van der Waals surface area contributed by atoms with Crippen LogP contribution in [0.3, 0.4) is 0 Å². The minimum absolute atomic E-state index is 0.183. The Morgan fingerprint density at radius 1 is 1.03 bits per heavy atom. The molecule has 0 saturated carbocycles. The summed E-state index contributed by atoms with van der Waals surface area (Å²) in [6.07, 6.45) is 1.27. The molecule has 38 heavy (non-hydrogen) atoms. The molecule has 0 saturated heterocycles. The van der Waals surface area contributed by atoms with E-state index in [-0.39, 0.29) is 12.1 Å². The van der Waals surface area contributed by atoms with E-state index in [0.717, 1.165) is 23.2 Å². The number of carbonyl (C=O) groups is 2. The van der Waals surface area contributed by atoms with Gasteiger partial charge in [-0.05, 0) is 63.3 Å². The second kappa shape index (κ2) is 12.5. The molecule has 9 nitrogen and oxygen atoms in total. The molecule has 0 aliphatic carbocycles. The number of thiazole rings is 1. The highest BCUT2D eigenvalue weighted by molar-refractivity contribution is 7.87. The Bertz CT molecular complexity index is 1330. The second-order valence-corrected chi connectivity index (χ2v) is 11.9. The van der Waals surface area contributed by atoms with Crippen molar-refractivity contribution < 1.29 is 27.3 Å². The van der Waals surface area contributed by atoms with Gasteiger partial charge in [-0.3, -0.25) is 18.9 Å². The van der Waals surface area contributed by atoms with E-state index in [1.807, 2.05) is 47.4 Å². The van der Waals surface area contributed by atoms with Crippen molar-refractivity contribution in [1.29, 1.82) is 0 Å². The number of ether oxygens (including phenoxy) is 1. The van der Waals surface area contributed by atoms with Crippen LogP contribution in [0.2, 0.25) is 0 Å². The maximum Gasteiger partial charge on any atom is 0.357 e. The van der Waals surface area contributed by atoms with Crippen molar-refractivity contribution in [3.8, 4) is 0 Å². The van der Waals surface area contributed by atoms with Crippen LogP contribution in [0.5, 0.6) is 0 Å². The molecule has 0 aliphatic heterocycles. The van der Waals surface area contributed by atoms with Crippen molar-refractivity contribution in [2.24, 2.45) is 5.92 Å². The minimum Gasteiger partial charge on any atom is -0.459 e. The van der Waals surface area contributed by atoms with E-state index in [1.165, 1.54) is 23.5 Å². The Morgan fingerprint density at radius 3 is 2.21 bits per heavy atom. The number of amides is 1. The van der Waals surface area contributed by atoms with Gasteiger partial charge in [0.15, 0.2) is 0 Å². The molecule has 1 heterocycles. The van der Waals surface area contributed by atoms with Gasteiger partial charge in [0.1, 0.15) is 16.5 Å². The number of nitrogens with one attached hydrogen (secondary N) is 2. The normalized spacial score (nSPS) is 13.4. The summed E-state index contributed by atoms with van der Waals surface area (Å²) in [5.74, 6) is -2.14. The van der Waals surface area contributed by atoms with Crippen LogP contribution >= 0.6 is 11.3 Å². The standard InChI is InChI=1S/C27H33N3O6S2/c1-5-20-17-37-25(28-20)23(16-19-11-13-21(14-12-19)30-38(33,34)35)29-24(31)22(26(32)36-27(2,3)4)15-18-9-7-6-8-10-18/h6-14,17,22-23,30H,5,15-16H2,1-4H3,(H,29,31)(H,33,34,35). The van der Waals surface area contributed by atoms with Crippen molar-refractivity contribution in [2.75, 3.05) is 4.72 Å². The third kappa shape index (κ3) is 9.23. The zero-order valence-electron chi connectivity index (χ0n) is 21.8. The Morgan fingerprint density at radius 2 is 1.66 bits per heavy atom. The number of aromatic nitrogens is 1. The number of carbonyl (C=O) groups excluding carboxylic acids is 2. The smallest absolute Gasteiger partial charge is 0.357 e. The van der Waals surface area contributed by atoms with E-state index in [2.05, 4.69) is 10.3 Å². The molecule has 2 aromatic carbocycles. The van der Waals surface area contributed by atoms with E-state index in [9.17, 15) is 18.0 Å². The van der Waals surface area contributed by atoms with Crippen LogP contribution < -0.4 is 10.0 Å². The Labute approximate surface area is 227 Å². The molecule has 2 atom stereocenters. The third-order valence-corrected chi connectivity index (χ3v) is 6.98. The molecule has 3 N–H and O–H groups in total. The highest BCUT2D eigenvalue weighted by Crippen LogP contribution is 2.25. The van der Waals surface area contributed by atoms with Crippen LogP contribution in [0.1, 0.15) is 55.6 Å². The summed E-state index contributed by atoms with van der Waals surface area (Å²) in [6.45, 7) is 7.26. The summed E-state index contributed by atoms with van der Waals surface area (Å²) < 4.78 is 38.8. The monoisotopic (exact) mass is 559 g/mol. The van der Waals surface area contributed by atoms with Gasteiger partial charge in [-0.1, -0.05) is 49.4 Å². The molecule has 0 bridgehead atoms. The van der Waals surface area contributed by atoms with Crippen molar-refractivity contribution >= 4 is 39.2 Å². The highest BCUT2D eigenvalue weighted by Gasteiger charge is 2.33. The van der Waals surface area contributed by atoms with Gasteiger partial charge in [0.25, 0.3) is 0 Å². The van der Waals surface area contributed by atoms with Gasteiger partial charge >= 0.3 is 16.3 Å². The van der Waals surface area contributed by atoms with Crippen LogP contribution in [0.4, 0.5) is 5.69 Å². The quantitative estimate of drug-likeness (QED) is 0.179. The lowest BCUT2D eigenvalue weighted by atomic mass is 9.97. The number of esters is 1. The molecule has 3 rings (SSSR count). The summed E-state index contributed by atoms with van der Waals surface area (Å²) in [7, 11) is -4.39. The largest absolute Gasteiger partial charge is 0.459 e. The molecule has 0 fully saturated rings. The number of rotatable bonds is 11. The highest BCUT2D eigenvalue weighted by atomic mass is 32.2. The number of hydrogen-bond donors (Lipinski definition) is 3. The predicted octanol–water partition coefficient (Wildman–Crippen LogP) is 4.52. The van der Waals surface area contributed by atoms with Gasteiger partial charge in [-0.2, -0.15) is 8.42 Å². The van der Waals surface area contributed by atoms with Gasteiger partial charge in [0, 0.05) is 5.38 Å². The lowest BCUT2D eigenvalue weighted by Gasteiger charge is -2.25. The minimum atomic E-state index is -4.39. The topological polar surface area (TPSA) is 135 Å². The number of anilines is 1. The van der Waals surface area contributed by atoms with Crippen molar-refractivity contribution in [3.05, 3.63) is 81.8 Å². The molecule has 2 unspecified atom stereocenters. The Balaban J connectivity index is 1.87. The summed E-state index contributed by atoms with van der Waals surface area (Å²) in [4.78, 5) is 31.4. The fourth-order valence-corrected chi connectivity index (χ4v) is 5.10. The van der Waals surface area contributed by atoms with Crippen LogP contribution in [-0.2, 0) is 43.9 Å². The SMILES string of the molecule is CCc1csc(C(Cc2ccc(NS(=O)(=O)O)cc2)NC(=O)C(Cc2ccccc2)C(=O)OC(C)(C)C)n1. The van der Waals surface area contributed by atoms with Crippen LogP contribution in [0, 0.1) is 5.92 Å². The zero-order valence-corrected chi connectivity index (χ0v) is 23.4. The molecule has 1 aromatic heterocycles. The van der Waals surface area contributed by atoms with Crippen LogP contribution in [-0.4, -0.2) is 35.4 Å². The van der Waals surface area contributed by atoms with Gasteiger partial charge in [-0.25, -0.2) is 4.98 Å². The van der Waals surface area contributed by atoms with Gasteiger partial charge in [0.2, 0.25) is 5.91 Å². The van der Waals surface area contributed by atoms with Crippen molar-refractivity contribution in [3.63, 3.8) is 0 Å². The average Bonchev–Trinajstić information content (AvgIpc) is 3.31. The average molecular weight is 560 g/mol. The maximum atomic E-state index is 13.6. The second-order valence-electron chi connectivity index (χ2n) is 9.85. The maximum absolute atomic E-state index is 13.6. The molecule has 11 heteroatoms. The molecule has 0 radical (unpaired) electrons. The van der Waals surface area contributed by atoms with Gasteiger partial charge in [-0.15, -0.1) is 11.3 Å². The number of hydrogen-bond acceptors (Lipinski definition) is 7. The summed E-state index contributed by atoms with van der Waals surface area (Å²) in [5.41, 5.74) is 1.97. The first kappa shape index (κ1) is 29.3. The first-order chi connectivity index (χ1) is 17.8. The van der Waals surface area contributed by atoms with E-state index in [4.69, 9.17) is 9.29 Å². The number of nitrogens with zero attached hydrogens (tertiary/aromatic N) is 1. The lowest BCUT2D eigenvalue weighted by Crippen LogP contribution is -2.42. The fraction of sp³-hybridized carbons (Fsp3) is 0.370. The molecule has 3 aromatic rings. The van der Waals surface area contributed by atoms with Crippen molar-refractivity contribution in [2.45, 2.75) is 58.6 Å². The summed E-state index contributed by atoms with van der Waals surface area (Å²) >= 11 is 1.42. The molecule has 204 valence electrons. The predicted molar refractivity (Wildman–Crippen MR) is 147 cm³/mol. The van der Waals surface area contributed by atoms with E-state index in [0.29, 0.717) is 11.4 Å². The molecular formula is C27H33N3O6S2. The summed E-state index contributed by atoms with van der Waals surface area (Å²) in [6, 6.07) is 15.2. The molecular weight excluding hydrogens is 526 g/mol.